The maximum Gasteiger partial charge on any atom is 0.240 e. The molecule has 0 aliphatic carbocycles. The third-order valence-electron chi connectivity index (χ3n) is 5.99. The van der Waals surface area contributed by atoms with E-state index in [1.165, 1.54) is 0 Å². The summed E-state index contributed by atoms with van der Waals surface area (Å²) in [7, 11) is 1.76. The van der Waals surface area contributed by atoms with Gasteiger partial charge in [0.2, 0.25) is 11.8 Å². The van der Waals surface area contributed by atoms with Crippen LogP contribution >= 0.6 is 0 Å². The zero-order chi connectivity index (χ0) is 27.5. The zero-order valence-corrected chi connectivity index (χ0v) is 22.2. The Morgan fingerprint density at radius 1 is 1.16 bits per heavy atom. The Morgan fingerprint density at radius 2 is 1.89 bits per heavy atom. The topological polar surface area (TPSA) is 148 Å². The molecule has 11 nitrogen and oxygen atoms in total. The number of carbonyl (C=O) groups is 2. The largest absolute Gasteiger partial charge is 0.508 e. The van der Waals surface area contributed by atoms with E-state index in [4.69, 9.17) is 10.5 Å². The molecular weight excluding hydrogens is 486 g/mol. The number of carbonyl (C=O) groups excluding carboxylic acids is 2. The number of benzene rings is 2. The Labute approximate surface area is 223 Å². The van der Waals surface area contributed by atoms with Gasteiger partial charge < -0.3 is 25.8 Å². The highest BCUT2D eigenvalue weighted by molar-refractivity contribution is 5.85. The zero-order valence-electron chi connectivity index (χ0n) is 22.2. The summed E-state index contributed by atoms with van der Waals surface area (Å²) in [6.07, 6.45) is 1.48. The number of amides is 2. The Hall–Kier alpha value is -3.83. The number of aromatic nitrogens is 4. The van der Waals surface area contributed by atoms with E-state index in [0.29, 0.717) is 44.8 Å². The van der Waals surface area contributed by atoms with Crippen molar-refractivity contribution in [2.45, 2.75) is 57.8 Å². The lowest BCUT2D eigenvalue weighted by Crippen LogP contribution is -2.51. The lowest BCUT2D eigenvalue weighted by Gasteiger charge is -2.24. The molecule has 0 radical (unpaired) electrons. The third kappa shape index (κ3) is 8.93. The molecule has 2 aromatic carbocycles. The quantitative estimate of drug-likeness (QED) is 0.290. The van der Waals surface area contributed by atoms with Crippen molar-refractivity contribution in [3.63, 3.8) is 0 Å². The molecule has 0 spiro atoms. The van der Waals surface area contributed by atoms with E-state index in [0.717, 1.165) is 11.1 Å². The fourth-order valence-corrected chi connectivity index (χ4v) is 3.72. The van der Waals surface area contributed by atoms with Crippen LogP contribution in [0.1, 0.15) is 49.7 Å². The Balaban J connectivity index is 1.56. The molecule has 0 bridgehead atoms. The number of tetrazole rings is 1. The molecule has 1 atom stereocenters. The SMILES string of the molecule is CN(CCc1cccc(O)c1)C(=O)CCCn1nnnc1[C@@H](COCc1ccccc1)NC(=O)C(C)(C)N. The summed E-state index contributed by atoms with van der Waals surface area (Å²) in [5.74, 6) is 0.286. The predicted octanol–water partition coefficient (Wildman–Crippen LogP) is 1.97. The summed E-state index contributed by atoms with van der Waals surface area (Å²) in [6, 6.07) is 16.1. The smallest absolute Gasteiger partial charge is 0.240 e. The van der Waals surface area contributed by atoms with Gasteiger partial charge in [-0.25, -0.2) is 4.68 Å². The van der Waals surface area contributed by atoms with Crippen molar-refractivity contribution in [1.82, 2.24) is 30.4 Å². The number of hydrogen-bond acceptors (Lipinski definition) is 8. The van der Waals surface area contributed by atoms with E-state index >= 15 is 0 Å². The minimum absolute atomic E-state index is 0.000654. The highest BCUT2D eigenvalue weighted by Crippen LogP contribution is 2.15. The lowest BCUT2D eigenvalue weighted by atomic mass is 10.1. The van der Waals surface area contributed by atoms with Crippen LogP contribution in [0.25, 0.3) is 0 Å². The molecule has 11 heteroatoms. The van der Waals surface area contributed by atoms with Gasteiger partial charge >= 0.3 is 0 Å². The predicted molar refractivity (Wildman–Crippen MR) is 142 cm³/mol. The molecule has 0 unspecified atom stereocenters. The first-order valence-electron chi connectivity index (χ1n) is 12.6. The second kappa shape index (κ2) is 13.6. The van der Waals surface area contributed by atoms with Crippen LogP contribution in [0.2, 0.25) is 0 Å². The molecule has 2 amide bonds. The molecule has 3 rings (SSSR count). The molecule has 1 heterocycles. The van der Waals surface area contributed by atoms with Gasteiger partial charge in [0.15, 0.2) is 5.82 Å². The molecule has 0 saturated carbocycles. The number of phenolic OH excluding ortho intramolecular Hbond substituents is 1. The number of phenols is 1. The van der Waals surface area contributed by atoms with Gasteiger partial charge in [-0.15, -0.1) is 5.10 Å². The fourth-order valence-electron chi connectivity index (χ4n) is 3.72. The van der Waals surface area contributed by atoms with Crippen LogP contribution in [-0.2, 0) is 33.9 Å². The Morgan fingerprint density at radius 3 is 2.61 bits per heavy atom. The molecule has 3 aromatic rings. The van der Waals surface area contributed by atoms with E-state index in [-0.39, 0.29) is 24.2 Å². The minimum Gasteiger partial charge on any atom is -0.508 e. The maximum absolute atomic E-state index is 12.6. The van der Waals surface area contributed by atoms with Crippen molar-refractivity contribution in [3.8, 4) is 5.75 Å². The molecule has 0 aliphatic rings. The first-order valence-corrected chi connectivity index (χ1v) is 12.6. The van der Waals surface area contributed by atoms with Gasteiger partial charge in [0.1, 0.15) is 11.8 Å². The van der Waals surface area contributed by atoms with Crippen LogP contribution in [0.5, 0.6) is 5.75 Å². The number of nitrogens with two attached hydrogens (primary N) is 1. The number of aryl methyl sites for hydroxylation is 1. The van der Waals surface area contributed by atoms with Crippen LogP contribution in [0.15, 0.2) is 54.6 Å². The van der Waals surface area contributed by atoms with E-state index in [1.807, 2.05) is 36.4 Å². The molecule has 38 heavy (non-hydrogen) atoms. The number of likely N-dealkylation sites (N-methyl/N-ethyl adjacent to an activating group) is 1. The van der Waals surface area contributed by atoms with Gasteiger partial charge in [-0.2, -0.15) is 0 Å². The second-order valence-corrected chi connectivity index (χ2v) is 9.85. The van der Waals surface area contributed by atoms with Crippen molar-refractivity contribution < 1.29 is 19.4 Å². The van der Waals surface area contributed by atoms with Crippen LogP contribution in [0, 0.1) is 0 Å². The van der Waals surface area contributed by atoms with E-state index < -0.39 is 11.6 Å². The normalized spacial score (nSPS) is 12.2. The van der Waals surface area contributed by atoms with Crippen LogP contribution in [0.3, 0.4) is 0 Å². The van der Waals surface area contributed by atoms with Crippen molar-refractivity contribution >= 4 is 11.8 Å². The Kier molecular flexibility index (Phi) is 10.3. The average molecular weight is 524 g/mol. The van der Waals surface area contributed by atoms with Gasteiger partial charge in [0.05, 0.1) is 18.8 Å². The summed E-state index contributed by atoms with van der Waals surface area (Å²) in [5.41, 5.74) is 6.86. The van der Waals surface area contributed by atoms with Gasteiger partial charge in [0.25, 0.3) is 0 Å². The first kappa shape index (κ1) is 28.7. The fraction of sp³-hybridized carbons (Fsp3) is 0.444. The van der Waals surface area contributed by atoms with E-state index in [2.05, 4.69) is 20.8 Å². The van der Waals surface area contributed by atoms with Gasteiger partial charge in [-0.05, 0) is 60.4 Å². The summed E-state index contributed by atoms with van der Waals surface area (Å²) >= 11 is 0. The van der Waals surface area contributed by atoms with Crippen molar-refractivity contribution in [3.05, 3.63) is 71.5 Å². The summed E-state index contributed by atoms with van der Waals surface area (Å²) in [6.45, 7) is 4.69. The lowest BCUT2D eigenvalue weighted by molar-refractivity contribution is -0.130. The standard InChI is InChI=1S/C27H37N7O4/c1-27(2,28)26(37)29-23(19-38-18-21-9-5-4-6-10-21)25-30-31-32-34(25)15-8-13-24(36)33(3)16-14-20-11-7-12-22(35)17-20/h4-7,9-12,17,23,35H,8,13-16,18-19,28H2,1-3H3,(H,29,37)/t23-/m1/s1. The monoisotopic (exact) mass is 523 g/mol. The molecule has 1 aromatic heterocycles. The molecular formula is C27H37N7O4. The number of aromatic hydroxyl groups is 1. The van der Waals surface area contributed by atoms with Gasteiger partial charge in [-0.3, -0.25) is 9.59 Å². The molecule has 204 valence electrons. The van der Waals surface area contributed by atoms with Gasteiger partial charge in [0, 0.05) is 26.6 Å². The summed E-state index contributed by atoms with van der Waals surface area (Å²) in [4.78, 5) is 27.0. The molecule has 0 fully saturated rings. The Bertz CT molecular complexity index is 1180. The van der Waals surface area contributed by atoms with Crippen LogP contribution in [0.4, 0.5) is 0 Å². The summed E-state index contributed by atoms with van der Waals surface area (Å²) in [5, 5.41) is 24.5. The molecule has 0 saturated heterocycles. The van der Waals surface area contributed by atoms with Crippen LogP contribution in [-0.4, -0.2) is 67.8 Å². The van der Waals surface area contributed by atoms with E-state index in [1.54, 1.807) is 48.7 Å². The molecule has 4 N–H and O–H groups in total. The number of nitrogens with zero attached hydrogens (tertiary/aromatic N) is 5. The van der Waals surface area contributed by atoms with Crippen molar-refractivity contribution in [2.75, 3.05) is 20.2 Å². The number of hydrogen-bond donors (Lipinski definition) is 3. The third-order valence-corrected chi connectivity index (χ3v) is 5.99. The highest BCUT2D eigenvalue weighted by Gasteiger charge is 2.28. The maximum atomic E-state index is 12.6. The summed E-state index contributed by atoms with van der Waals surface area (Å²) < 4.78 is 7.46. The van der Waals surface area contributed by atoms with Crippen LogP contribution < -0.4 is 11.1 Å². The van der Waals surface area contributed by atoms with Gasteiger partial charge in [-0.1, -0.05) is 42.5 Å². The van der Waals surface area contributed by atoms with E-state index in [9.17, 15) is 14.7 Å². The second-order valence-electron chi connectivity index (χ2n) is 9.85. The highest BCUT2D eigenvalue weighted by atomic mass is 16.5. The first-order chi connectivity index (χ1) is 18.1. The number of rotatable bonds is 14. The minimum atomic E-state index is -1.09. The molecule has 0 aliphatic heterocycles. The average Bonchev–Trinajstić information content (AvgIpc) is 3.35. The van der Waals surface area contributed by atoms with Crippen molar-refractivity contribution in [1.29, 1.82) is 0 Å². The number of ether oxygens (including phenoxy) is 1. The van der Waals surface area contributed by atoms with Crippen molar-refractivity contribution in [2.24, 2.45) is 5.73 Å². The number of nitrogens with one attached hydrogen (secondary N) is 1.